The number of nitrogens with two attached hydrogens (primary N) is 1. The summed E-state index contributed by atoms with van der Waals surface area (Å²) in [4.78, 5) is 14.0. The second-order valence-electron chi connectivity index (χ2n) is 6.86. The van der Waals surface area contributed by atoms with Crippen molar-refractivity contribution in [3.63, 3.8) is 0 Å². The predicted molar refractivity (Wildman–Crippen MR) is 93.6 cm³/mol. The van der Waals surface area contributed by atoms with Crippen molar-refractivity contribution >= 4 is 17.5 Å². The molecule has 1 amide bonds. The fourth-order valence-corrected chi connectivity index (χ4v) is 4.29. The van der Waals surface area contributed by atoms with Gasteiger partial charge < -0.3 is 11.1 Å². The Labute approximate surface area is 143 Å². The van der Waals surface area contributed by atoms with E-state index in [1.54, 1.807) is 0 Å². The van der Waals surface area contributed by atoms with Gasteiger partial charge in [0, 0.05) is 49.1 Å². The maximum Gasteiger partial charge on any atom is 0.221 e. The minimum absolute atomic E-state index is 0.0569. The van der Waals surface area contributed by atoms with Crippen LogP contribution in [0.1, 0.15) is 37.7 Å². The average molecular weight is 336 g/mol. The lowest BCUT2D eigenvalue weighted by molar-refractivity contribution is -0.120. The molecule has 2 fully saturated rings. The molecular weight excluding hydrogens is 310 g/mol. The van der Waals surface area contributed by atoms with Crippen molar-refractivity contribution in [2.24, 2.45) is 5.73 Å². The maximum absolute atomic E-state index is 11.5. The lowest BCUT2D eigenvalue weighted by atomic mass is 9.68. The largest absolute Gasteiger partial charge is 0.355 e. The molecule has 0 unspecified atom stereocenters. The second-order valence-corrected chi connectivity index (χ2v) is 7.30. The molecule has 1 aromatic carbocycles. The SMILES string of the molecule is NCC1(c2cccc(Cl)c2)CCC(N2CCNC(=O)CC2)CC1. The Morgan fingerprint density at radius 1 is 1.30 bits per heavy atom. The molecule has 3 N–H and O–H groups in total. The van der Waals surface area contributed by atoms with Crippen molar-refractivity contribution in [3.8, 4) is 0 Å². The summed E-state index contributed by atoms with van der Waals surface area (Å²) >= 11 is 6.18. The fourth-order valence-electron chi connectivity index (χ4n) is 4.10. The van der Waals surface area contributed by atoms with Crippen LogP contribution in [0.15, 0.2) is 24.3 Å². The zero-order chi connectivity index (χ0) is 16.3. The highest BCUT2D eigenvalue weighted by molar-refractivity contribution is 6.30. The smallest absolute Gasteiger partial charge is 0.221 e. The van der Waals surface area contributed by atoms with Crippen LogP contribution in [0.3, 0.4) is 0 Å². The van der Waals surface area contributed by atoms with E-state index < -0.39 is 0 Å². The quantitative estimate of drug-likeness (QED) is 0.891. The van der Waals surface area contributed by atoms with Gasteiger partial charge in [-0.1, -0.05) is 23.7 Å². The van der Waals surface area contributed by atoms with E-state index in [2.05, 4.69) is 22.3 Å². The predicted octanol–water partition coefficient (Wildman–Crippen LogP) is 2.30. The number of hydrogen-bond donors (Lipinski definition) is 2. The molecule has 1 saturated heterocycles. The van der Waals surface area contributed by atoms with Crippen LogP contribution in [-0.2, 0) is 10.2 Å². The number of amides is 1. The highest BCUT2D eigenvalue weighted by Gasteiger charge is 2.37. The minimum atomic E-state index is 0.0569. The Morgan fingerprint density at radius 3 is 2.78 bits per heavy atom. The van der Waals surface area contributed by atoms with Crippen LogP contribution in [0.2, 0.25) is 5.02 Å². The van der Waals surface area contributed by atoms with Crippen molar-refractivity contribution in [3.05, 3.63) is 34.9 Å². The van der Waals surface area contributed by atoms with Crippen molar-refractivity contribution in [2.45, 2.75) is 43.6 Å². The van der Waals surface area contributed by atoms with Crippen LogP contribution in [-0.4, -0.2) is 43.0 Å². The van der Waals surface area contributed by atoms with Gasteiger partial charge in [0.15, 0.2) is 0 Å². The number of carbonyl (C=O) groups is 1. The highest BCUT2D eigenvalue weighted by atomic mass is 35.5. The van der Waals surface area contributed by atoms with E-state index in [-0.39, 0.29) is 11.3 Å². The van der Waals surface area contributed by atoms with Gasteiger partial charge in [0.1, 0.15) is 0 Å². The standard InChI is InChI=1S/C18H26ClN3O/c19-15-3-1-2-14(12-15)18(13-20)7-4-16(5-8-18)22-10-6-17(23)21-9-11-22/h1-3,12,16H,4-11,13,20H2,(H,21,23). The third kappa shape index (κ3) is 3.70. The van der Waals surface area contributed by atoms with Crippen LogP contribution in [0.5, 0.6) is 0 Å². The average Bonchev–Trinajstić information content (AvgIpc) is 2.80. The van der Waals surface area contributed by atoms with Crippen LogP contribution >= 0.6 is 11.6 Å². The lowest BCUT2D eigenvalue weighted by Gasteiger charge is -2.43. The Balaban J connectivity index is 1.67. The monoisotopic (exact) mass is 335 g/mol. The molecule has 2 aliphatic rings. The summed E-state index contributed by atoms with van der Waals surface area (Å²) in [5.74, 6) is 0.179. The van der Waals surface area contributed by atoms with E-state index in [1.807, 2.05) is 12.1 Å². The van der Waals surface area contributed by atoms with E-state index >= 15 is 0 Å². The van der Waals surface area contributed by atoms with E-state index in [4.69, 9.17) is 17.3 Å². The molecular formula is C18H26ClN3O. The molecule has 1 aliphatic carbocycles. The van der Waals surface area contributed by atoms with E-state index in [0.717, 1.165) is 50.3 Å². The summed E-state index contributed by atoms with van der Waals surface area (Å²) in [6, 6.07) is 8.74. The number of rotatable bonds is 3. The number of nitrogens with zero attached hydrogens (tertiary/aromatic N) is 1. The first kappa shape index (κ1) is 16.7. The van der Waals surface area contributed by atoms with Crippen molar-refractivity contribution in [1.82, 2.24) is 10.2 Å². The summed E-state index contributed by atoms with van der Waals surface area (Å²) in [6.45, 7) is 3.28. The van der Waals surface area contributed by atoms with Gasteiger partial charge in [-0.05, 0) is 43.4 Å². The molecule has 126 valence electrons. The third-order valence-electron chi connectivity index (χ3n) is 5.60. The first-order chi connectivity index (χ1) is 11.1. The highest BCUT2D eigenvalue weighted by Crippen LogP contribution is 2.40. The minimum Gasteiger partial charge on any atom is -0.355 e. The van der Waals surface area contributed by atoms with E-state index in [9.17, 15) is 4.79 Å². The zero-order valence-corrected chi connectivity index (χ0v) is 14.3. The number of carbonyl (C=O) groups excluding carboxylic acids is 1. The zero-order valence-electron chi connectivity index (χ0n) is 13.6. The first-order valence-electron chi connectivity index (χ1n) is 8.60. The molecule has 0 radical (unpaired) electrons. The molecule has 1 aliphatic heterocycles. The van der Waals surface area contributed by atoms with Crippen molar-refractivity contribution in [2.75, 3.05) is 26.2 Å². The van der Waals surface area contributed by atoms with Gasteiger partial charge >= 0.3 is 0 Å². The van der Waals surface area contributed by atoms with Gasteiger partial charge in [0.05, 0.1) is 0 Å². The Hall–Kier alpha value is -1.10. The van der Waals surface area contributed by atoms with Gasteiger partial charge in [-0.25, -0.2) is 0 Å². The normalized spacial score (nSPS) is 29.8. The van der Waals surface area contributed by atoms with Gasteiger partial charge in [0.2, 0.25) is 5.91 Å². The third-order valence-corrected chi connectivity index (χ3v) is 5.84. The summed E-state index contributed by atoms with van der Waals surface area (Å²) < 4.78 is 0. The molecule has 0 spiro atoms. The number of hydrogen-bond acceptors (Lipinski definition) is 3. The number of halogens is 1. The van der Waals surface area contributed by atoms with Crippen LogP contribution in [0.4, 0.5) is 0 Å². The summed E-state index contributed by atoms with van der Waals surface area (Å²) in [7, 11) is 0. The topological polar surface area (TPSA) is 58.4 Å². The maximum atomic E-state index is 11.5. The fraction of sp³-hybridized carbons (Fsp3) is 0.611. The van der Waals surface area contributed by atoms with Crippen molar-refractivity contribution in [1.29, 1.82) is 0 Å². The molecule has 4 nitrogen and oxygen atoms in total. The molecule has 23 heavy (non-hydrogen) atoms. The first-order valence-corrected chi connectivity index (χ1v) is 8.98. The number of nitrogens with one attached hydrogen (secondary N) is 1. The Morgan fingerprint density at radius 2 is 2.09 bits per heavy atom. The van der Waals surface area contributed by atoms with E-state index in [1.165, 1.54) is 5.56 Å². The van der Waals surface area contributed by atoms with Crippen LogP contribution in [0, 0.1) is 0 Å². The molecule has 5 heteroatoms. The van der Waals surface area contributed by atoms with Crippen LogP contribution in [0.25, 0.3) is 0 Å². The number of benzene rings is 1. The Bertz CT molecular complexity index is 555. The molecule has 0 bridgehead atoms. The van der Waals surface area contributed by atoms with E-state index in [0.29, 0.717) is 19.0 Å². The van der Waals surface area contributed by atoms with Gasteiger partial charge in [-0.3, -0.25) is 9.69 Å². The molecule has 1 saturated carbocycles. The van der Waals surface area contributed by atoms with Crippen LogP contribution < -0.4 is 11.1 Å². The Kier molecular flexibility index (Phi) is 5.24. The lowest BCUT2D eigenvalue weighted by Crippen LogP contribution is -2.46. The van der Waals surface area contributed by atoms with Crippen molar-refractivity contribution < 1.29 is 4.79 Å². The van der Waals surface area contributed by atoms with Gasteiger partial charge in [-0.2, -0.15) is 0 Å². The second kappa shape index (κ2) is 7.20. The summed E-state index contributed by atoms with van der Waals surface area (Å²) in [6.07, 6.45) is 5.07. The molecule has 1 aromatic rings. The van der Waals surface area contributed by atoms with Gasteiger partial charge in [-0.15, -0.1) is 0 Å². The molecule has 3 rings (SSSR count). The molecule has 0 aromatic heterocycles. The summed E-state index contributed by atoms with van der Waals surface area (Å²) in [5.41, 5.74) is 7.51. The molecule has 0 atom stereocenters. The van der Waals surface area contributed by atoms with Gasteiger partial charge in [0.25, 0.3) is 0 Å². The summed E-state index contributed by atoms with van der Waals surface area (Å²) in [5, 5.41) is 3.74. The molecule has 1 heterocycles.